The molecule has 0 aliphatic carbocycles. The Morgan fingerprint density at radius 2 is 1.86 bits per heavy atom. The molecule has 2 heterocycles. The lowest BCUT2D eigenvalue weighted by molar-refractivity contribution is -0.131. The van der Waals surface area contributed by atoms with Crippen LogP contribution in [0.1, 0.15) is 12.0 Å². The van der Waals surface area contributed by atoms with Crippen molar-refractivity contribution in [1.82, 2.24) is 4.90 Å². The third-order valence-corrected chi connectivity index (χ3v) is 5.04. The van der Waals surface area contributed by atoms with E-state index in [4.69, 9.17) is 5.73 Å². The lowest BCUT2D eigenvalue weighted by atomic mass is 10.1. The van der Waals surface area contributed by atoms with Crippen molar-refractivity contribution in [3.8, 4) is 0 Å². The van der Waals surface area contributed by atoms with Gasteiger partial charge in [0.15, 0.2) is 0 Å². The lowest BCUT2D eigenvalue weighted by Crippen LogP contribution is -2.48. The summed E-state index contributed by atoms with van der Waals surface area (Å²) in [6.07, 6.45) is 1.25. The first kappa shape index (κ1) is 14.9. The zero-order valence-electron chi connectivity index (χ0n) is 12.6. The van der Waals surface area contributed by atoms with Crippen molar-refractivity contribution in [3.63, 3.8) is 0 Å². The van der Waals surface area contributed by atoms with Crippen molar-refractivity contribution in [1.29, 1.82) is 0 Å². The van der Waals surface area contributed by atoms with E-state index in [-0.39, 0.29) is 5.91 Å². The second kappa shape index (κ2) is 6.83. The van der Waals surface area contributed by atoms with Gasteiger partial charge in [0, 0.05) is 38.3 Å². The van der Waals surface area contributed by atoms with Crippen LogP contribution in [0.2, 0.25) is 0 Å². The van der Waals surface area contributed by atoms with Crippen molar-refractivity contribution < 1.29 is 4.79 Å². The first-order chi connectivity index (χ1) is 10.7. The minimum absolute atomic E-state index is 0.231. The number of hydrogen-bond acceptors (Lipinski definition) is 4. The van der Waals surface area contributed by atoms with Gasteiger partial charge < -0.3 is 15.5 Å². The van der Waals surface area contributed by atoms with Gasteiger partial charge in [0.2, 0.25) is 5.91 Å². The van der Waals surface area contributed by atoms with E-state index in [2.05, 4.69) is 22.4 Å². The molecule has 0 radical (unpaired) electrons. The van der Waals surface area contributed by atoms with E-state index in [9.17, 15) is 4.79 Å². The van der Waals surface area contributed by atoms with Crippen molar-refractivity contribution in [2.45, 2.75) is 12.8 Å². The molecule has 22 heavy (non-hydrogen) atoms. The van der Waals surface area contributed by atoms with Crippen LogP contribution in [0.25, 0.3) is 0 Å². The Hall–Kier alpha value is -2.01. The van der Waals surface area contributed by atoms with E-state index < -0.39 is 0 Å². The molecule has 1 saturated heterocycles. The quantitative estimate of drug-likeness (QED) is 0.882. The number of amides is 1. The molecule has 0 saturated carbocycles. The maximum absolute atomic E-state index is 12.3. The number of rotatable bonds is 4. The summed E-state index contributed by atoms with van der Waals surface area (Å²) in [5, 5.41) is 3.39. The zero-order valence-corrected chi connectivity index (χ0v) is 13.4. The topological polar surface area (TPSA) is 49.6 Å². The Bertz CT molecular complexity index is 619. The standard InChI is InChI=1S/C17H21N3OS/c18-15-5-2-1-4-14(15)7-8-16(21)19-9-11-20(12-10-19)17-6-3-13-22-17/h1-6,13H,7-12,18H2. The Kier molecular flexibility index (Phi) is 4.63. The summed E-state index contributed by atoms with van der Waals surface area (Å²) in [5.41, 5.74) is 7.77. The minimum Gasteiger partial charge on any atom is -0.399 e. The van der Waals surface area contributed by atoms with Crippen LogP contribution in [0.4, 0.5) is 10.7 Å². The fourth-order valence-electron chi connectivity index (χ4n) is 2.79. The first-order valence-electron chi connectivity index (χ1n) is 7.63. The maximum Gasteiger partial charge on any atom is 0.223 e. The number of para-hydroxylation sites is 1. The molecule has 0 atom stereocenters. The molecule has 5 heteroatoms. The number of nitrogens with zero attached hydrogens (tertiary/aromatic N) is 2. The van der Waals surface area contributed by atoms with Crippen molar-refractivity contribution in [2.24, 2.45) is 0 Å². The van der Waals surface area contributed by atoms with Gasteiger partial charge in [0.25, 0.3) is 0 Å². The number of hydrogen-bond donors (Lipinski definition) is 1. The van der Waals surface area contributed by atoms with Crippen LogP contribution in [-0.2, 0) is 11.2 Å². The Labute approximate surface area is 135 Å². The number of anilines is 2. The number of carbonyl (C=O) groups excluding carboxylic acids is 1. The highest BCUT2D eigenvalue weighted by Crippen LogP contribution is 2.22. The third-order valence-electron chi connectivity index (χ3n) is 4.11. The van der Waals surface area contributed by atoms with E-state index in [0.29, 0.717) is 6.42 Å². The second-order valence-electron chi connectivity index (χ2n) is 5.52. The number of nitrogen functional groups attached to an aromatic ring is 1. The predicted octanol–water partition coefficient (Wildman–Crippen LogP) is 2.61. The number of aryl methyl sites for hydroxylation is 1. The number of piperazine rings is 1. The summed E-state index contributed by atoms with van der Waals surface area (Å²) in [6.45, 7) is 3.45. The molecule has 2 N–H and O–H groups in total. The second-order valence-corrected chi connectivity index (χ2v) is 6.44. The van der Waals surface area contributed by atoms with Crippen molar-refractivity contribution >= 4 is 27.9 Å². The van der Waals surface area contributed by atoms with Crippen molar-refractivity contribution in [2.75, 3.05) is 36.8 Å². The van der Waals surface area contributed by atoms with Crippen LogP contribution < -0.4 is 10.6 Å². The van der Waals surface area contributed by atoms with Gasteiger partial charge in [0.1, 0.15) is 0 Å². The van der Waals surface area contributed by atoms with Gasteiger partial charge in [-0.1, -0.05) is 18.2 Å². The van der Waals surface area contributed by atoms with Gasteiger partial charge in [0.05, 0.1) is 5.00 Å². The molecule has 1 aliphatic heterocycles. The van der Waals surface area contributed by atoms with Crippen LogP contribution in [0.3, 0.4) is 0 Å². The highest BCUT2D eigenvalue weighted by atomic mass is 32.1. The molecule has 0 unspecified atom stereocenters. The SMILES string of the molecule is Nc1ccccc1CCC(=O)N1CCN(c2cccs2)CC1. The molecule has 4 nitrogen and oxygen atoms in total. The van der Waals surface area contributed by atoms with E-state index >= 15 is 0 Å². The fourth-order valence-corrected chi connectivity index (χ4v) is 3.57. The van der Waals surface area contributed by atoms with Crippen LogP contribution in [-0.4, -0.2) is 37.0 Å². The van der Waals surface area contributed by atoms with E-state index in [1.165, 1.54) is 5.00 Å². The zero-order chi connectivity index (χ0) is 15.4. The summed E-state index contributed by atoms with van der Waals surface area (Å²) in [6, 6.07) is 12.0. The smallest absolute Gasteiger partial charge is 0.223 e. The summed E-state index contributed by atoms with van der Waals surface area (Å²) < 4.78 is 0. The summed E-state index contributed by atoms with van der Waals surface area (Å²) in [4.78, 5) is 16.7. The third kappa shape index (κ3) is 3.42. The molecule has 1 fully saturated rings. The van der Waals surface area contributed by atoms with Crippen LogP contribution >= 0.6 is 11.3 Å². The lowest BCUT2D eigenvalue weighted by Gasteiger charge is -2.35. The molecule has 116 valence electrons. The van der Waals surface area contributed by atoms with Crippen LogP contribution in [0.5, 0.6) is 0 Å². The van der Waals surface area contributed by atoms with Gasteiger partial charge in [-0.2, -0.15) is 0 Å². The van der Waals surface area contributed by atoms with Gasteiger partial charge in [-0.3, -0.25) is 4.79 Å². The van der Waals surface area contributed by atoms with E-state index in [1.54, 1.807) is 11.3 Å². The molecular formula is C17H21N3OS. The highest BCUT2D eigenvalue weighted by Gasteiger charge is 2.21. The van der Waals surface area contributed by atoms with Gasteiger partial charge in [-0.15, -0.1) is 11.3 Å². The molecule has 1 aromatic heterocycles. The maximum atomic E-state index is 12.3. The first-order valence-corrected chi connectivity index (χ1v) is 8.51. The van der Waals surface area contributed by atoms with Gasteiger partial charge in [-0.25, -0.2) is 0 Å². The number of thiophene rings is 1. The molecule has 2 aromatic rings. The summed E-state index contributed by atoms with van der Waals surface area (Å²) >= 11 is 1.76. The molecule has 1 amide bonds. The fraction of sp³-hybridized carbons (Fsp3) is 0.353. The average molecular weight is 315 g/mol. The average Bonchev–Trinajstić information content (AvgIpc) is 3.08. The van der Waals surface area contributed by atoms with Gasteiger partial charge in [-0.05, 0) is 35.6 Å². The van der Waals surface area contributed by atoms with Crippen molar-refractivity contribution in [3.05, 3.63) is 47.3 Å². The largest absolute Gasteiger partial charge is 0.399 e. The molecule has 0 bridgehead atoms. The number of carbonyl (C=O) groups is 1. The summed E-state index contributed by atoms with van der Waals surface area (Å²) in [5.74, 6) is 0.231. The Morgan fingerprint density at radius 3 is 2.55 bits per heavy atom. The van der Waals surface area contributed by atoms with E-state index in [0.717, 1.165) is 43.9 Å². The predicted molar refractivity (Wildman–Crippen MR) is 92.3 cm³/mol. The molecular weight excluding hydrogens is 294 g/mol. The highest BCUT2D eigenvalue weighted by molar-refractivity contribution is 7.14. The number of benzene rings is 1. The minimum atomic E-state index is 0.231. The molecule has 1 aliphatic rings. The van der Waals surface area contributed by atoms with Crippen LogP contribution in [0.15, 0.2) is 41.8 Å². The summed E-state index contributed by atoms with van der Waals surface area (Å²) in [7, 11) is 0. The molecule has 1 aromatic carbocycles. The molecule has 0 spiro atoms. The van der Waals surface area contributed by atoms with Gasteiger partial charge >= 0.3 is 0 Å². The van der Waals surface area contributed by atoms with Crippen LogP contribution in [0, 0.1) is 0 Å². The monoisotopic (exact) mass is 315 g/mol. The number of nitrogens with two attached hydrogens (primary N) is 1. The normalized spacial score (nSPS) is 15.1. The Balaban J connectivity index is 1.49. The Morgan fingerprint density at radius 1 is 1.09 bits per heavy atom. The molecule has 3 rings (SSSR count). The van der Waals surface area contributed by atoms with E-state index in [1.807, 2.05) is 29.2 Å².